The first kappa shape index (κ1) is 26.8. The Labute approximate surface area is 202 Å². The lowest BCUT2D eigenvalue weighted by Gasteiger charge is -2.31. The molecule has 0 aliphatic carbocycles. The van der Waals surface area contributed by atoms with Gasteiger partial charge >= 0.3 is 0 Å². The number of sulfonamides is 1. The van der Waals surface area contributed by atoms with Crippen LogP contribution in [0.3, 0.4) is 0 Å². The van der Waals surface area contributed by atoms with Crippen LogP contribution in [-0.2, 0) is 20.2 Å². The van der Waals surface area contributed by atoms with Crippen molar-refractivity contribution in [3.05, 3.63) is 53.1 Å². The van der Waals surface area contributed by atoms with E-state index in [2.05, 4.69) is 26.1 Å². The zero-order valence-corrected chi connectivity index (χ0v) is 21.6. The molecule has 0 aliphatic heterocycles. The Morgan fingerprint density at radius 1 is 1.15 bits per heavy atom. The highest BCUT2D eigenvalue weighted by atomic mass is 35.5. The van der Waals surface area contributed by atoms with Gasteiger partial charge in [0, 0.05) is 5.02 Å². The summed E-state index contributed by atoms with van der Waals surface area (Å²) < 4.78 is 37.4. The standard InChI is InChI=1S/C24H33ClN2O5S/c1-7-20(27(33(6,29)30)21-16-18(25)10-13-22(21)31-5)23(28)26-14-15-32-19-11-8-17(9-12-19)24(2,3)4/h8-13,16,20H,7,14-15H2,1-6H3,(H,26,28)/t20-/m1/s1. The van der Waals surface area contributed by atoms with Gasteiger partial charge in [0.1, 0.15) is 24.1 Å². The zero-order chi connectivity index (χ0) is 24.8. The molecule has 0 radical (unpaired) electrons. The number of anilines is 1. The molecule has 7 nitrogen and oxygen atoms in total. The minimum atomic E-state index is -3.81. The number of halogens is 1. The van der Waals surface area contributed by atoms with Gasteiger partial charge in [-0.1, -0.05) is 51.4 Å². The number of hydrogen-bond donors (Lipinski definition) is 1. The third kappa shape index (κ3) is 7.27. The fourth-order valence-corrected chi connectivity index (χ4v) is 4.76. The van der Waals surface area contributed by atoms with Crippen LogP contribution < -0.4 is 19.1 Å². The van der Waals surface area contributed by atoms with Crippen molar-refractivity contribution in [2.75, 3.05) is 30.8 Å². The van der Waals surface area contributed by atoms with Crippen LogP contribution in [0.1, 0.15) is 39.7 Å². The largest absolute Gasteiger partial charge is 0.495 e. The Balaban J connectivity index is 2.09. The van der Waals surface area contributed by atoms with Crippen LogP contribution in [0, 0.1) is 0 Å². The Bertz CT molecular complexity index is 1050. The number of nitrogens with one attached hydrogen (secondary N) is 1. The van der Waals surface area contributed by atoms with Crippen molar-refractivity contribution in [3.63, 3.8) is 0 Å². The molecule has 33 heavy (non-hydrogen) atoms. The van der Waals surface area contributed by atoms with Crippen LogP contribution in [0.25, 0.3) is 0 Å². The minimum absolute atomic E-state index is 0.0544. The summed E-state index contributed by atoms with van der Waals surface area (Å²) in [6.07, 6.45) is 1.30. The molecule has 1 amide bonds. The molecule has 0 saturated heterocycles. The topological polar surface area (TPSA) is 84.9 Å². The summed E-state index contributed by atoms with van der Waals surface area (Å²) in [7, 11) is -2.38. The second-order valence-corrected chi connectivity index (χ2v) is 11.0. The molecule has 9 heteroatoms. The van der Waals surface area contributed by atoms with E-state index in [1.54, 1.807) is 19.1 Å². The van der Waals surface area contributed by atoms with E-state index in [0.717, 1.165) is 10.6 Å². The van der Waals surface area contributed by atoms with Gasteiger partial charge in [-0.25, -0.2) is 8.42 Å². The molecule has 0 fully saturated rings. The van der Waals surface area contributed by atoms with E-state index in [1.165, 1.54) is 18.7 Å². The number of nitrogens with zero attached hydrogens (tertiary/aromatic N) is 1. The molecular weight excluding hydrogens is 464 g/mol. The Kier molecular flexibility index (Phi) is 9.03. The summed E-state index contributed by atoms with van der Waals surface area (Å²) in [5.41, 5.74) is 1.47. The fraction of sp³-hybridized carbons (Fsp3) is 0.458. The first-order valence-electron chi connectivity index (χ1n) is 10.7. The monoisotopic (exact) mass is 496 g/mol. The molecule has 1 N–H and O–H groups in total. The van der Waals surface area contributed by atoms with E-state index in [1.807, 2.05) is 24.3 Å². The Hall–Kier alpha value is -2.45. The predicted octanol–water partition coefficient (Wildman–Crippen LogP) is 4.39. The fourth-order valence-electron chi connectivity index (χ4n) is 3.38. The van der Waals surface area contributed by atoms with E-state index in [4.69, 9.17) is 21.1 Å². The van der Waals surface area contributed by atoms with E-state index >= 15 is 0 Å². The lowest BCUT2D eigenvalue weighted by atomic mass is 9.87. The molecule has 0 heterocycles. The van der Waals surface area contributed by atoms with Crippen LogP contribution in [0.2, 0.25) is 5.02 Å². The number of amides is 1. The van der Waals surface area contributed by atoms with Gasteiger partial charge < -0.3 is 14.8 Å². The smallest absolute Gasteiger partial charge is 0.244 e. The number of rotatable bonds is 10. The van der Waals surface area contributed by atoms with Crippen molar-refractivity contribution >= 4 is 33.2 Å². The Morgan fingerprint density at radius 2 is 1.79 bits per heavy atom. The molecule has 1 atom stereocenters. The van der Waals surface area contributed by atoms with Gasteiger partial charge in [0.15, 0.2) is 0 Å². The summed E-state index contributed by atoms with van der Waals surface area (Å²) in [5.74, 6) is 0.570. The third-order valence-electron chi connectivity index (χ3n) is 5.10. The highest BCUT2D eigenvalue weighted by molar-refractivity contribution is 7.92. The summed E-state index contributed by atoms with van der Waals surface area (Å²) in [4.78, 5) is 12.9. The van der Waals surface area contributed by atoms with E-state index in [-0.39, 0.29) is 30.7 Å². The maximum Gasteiger partial charge on any atom is 0.244 e. The van der Waals surface area contributed by atoms with Gasteiger partial charge in [-0.2, -0.15) is 0 Å². The Morgan fingerprint density at radius 3 is 2.30 bits per heavy atom. The van der Waals surface area contributed by atoms with Gasteiger partial charge in [0.25, 0.3) is 0 Å². The van der Waals surface area contributed by atoms with Gasteiger partial charge in [0.2, 0.25) is 15.9 Å². The second-order valence-electron chi connectivity index (χ2n) is 8.71. The molecule has 0 spiro atoms. The van der Waals surface area contributed by atoms with E-state index in [0.29, 0.717) is 16.5 Å². The van der Waals surface area contributed by atoms with Gasteiger partial charge in [0.05, 0.1) is 25.6 Å². The molecular formula is C24H33ClN2O5S. The number of ether oxygens (including phenoxy) is 2. The van der Waals surface area contributed by atoms with Crippen LogP contribution in [0.15, 0.2) is 42.5 Å². The number of carbonyl (C=O) groups excluding carboxylic acids is 1. The number of benzene rings is 2. The maximum absolute atomic E-state index is 12.9. The molecule has 0 bridgehead atoms. The van der Waals surface area contributed by atoms with Crippen LogP contribution >= 0.6 is 11.6 Å². The van der Waals surface area contributed by atoms with Gasteiger partial charge in [-0.05, 0) is 47.7 Å². The average Bonchev–Trinajstić information content (AvgIpc) is 2.73. The lowest BCUT2D eigenvalue weighted by molar-refractivity contribution is -0.122. The number of hydrogen-bond acceptors (Lipinski definition) is 5. The first-order valence-corrected chi connectivity index (χ1v) is 12.9. The van der Waals surface area contributed by atoms with Crippen molar-refractivity contribution in [3.8, 4) is 11.5 Å². The SMILES string of the molecule is CC[C@H](C(=O)NCCOc1ccc(C(C)(C)C)cc1)N(c1cc(Cl)ccc1OC)S(C)(=O)=O. The van der Waals surface area contributed by atoms with E-state index in [9.17, 15) is 13.2 Å². The molecule has 2 aromatic rings. The first-order chi connectivity index (χ1) is 15.4. The minimum Gasteiger partial charge on any atom is -0.495 e. The van der Waals surface area contributed by atoms with Crippen molar-refractivity contribution in [2.45, 2.75) is 45.6 Å². The van der Waals surface area contributed by atoms with Crippen molar-refractivity contribution in [2.24, 2.45) is 0 Å². The molecule has 0 saturated carbocycles. The average molecular weight is 497 g/mol. The van der Waals surface area contributed by atoms with Crippen molar-refractivity contribution < 1.29 is 22.7 Å². The normalized spacial score (nSPS) is 12.7. The summed E-state index contributed by atoms with van der Waals surface area (Å²) in [6.45, 7) is 8.63. The van der Waals surface area contributed by atoms with Gasteiger partial charge in [-0.3, -0.25) is 9.10 Å². The molecule has 2 rings (SSSR count). The molecule has 0 unspecified atom stereocenters. The molecule has 0 aliphatic rings. The highest BCUT2D eigenvalue weighted by Crippen LogP contribution is 2.34. The number of carbonyl (C=O) groups is 1. The van der Waals surface area contributed by atoms with Crippen LogP contribution in [0.4, 0.5) is 5.69 Å². The van der Waals surface area contributed by atoms with Crippen molar-refractivity contribution in [1.82, 2.24) is 5.32 Å². The molecule has 0 aromatic heterocycles. The summed E-state index contributed by atoms with van der Waals surface area (Å²) in [5, 5.41) is 3.10. The van der Waals surface area contributed by atoms with Crippen molar-refractivity contribution in [1.29, 1.82) is 0 Å². The summed E-state index contributed by atoms with van der Waals surface area (Å²) in [6, 6.07) is 11.5. The highest BCUT2D eigenvalue weighted by Gasteiger charge is 2.33. The molecule has 2 aromatic carbocycles. The second kappa shape index (κ2) is 11.1. The van der Waals surface area contributed by atoms with Gasteiger partial charge in [-0.15, -0.1) is 0 Å². The maximum atomic E-state index is 12.9. The number of methoxy groups -OCH3 is 1. The van der Waals surface area contributed by atoms with E-state index < -0.39 is 22.0 Å². The predicted molar refractivity (Wildman–Crippen MR) is 133 cm³/mol. The zero-order valence-electron chi connectivity index (χ0n) is 20.0. The van der Waals surface area contributed by atoms with Crippen LogP contribution in [0.5, 0.6) is 11.5 Å². The summed E-state index contributed by atoms with van der Waals surface area (Å²) >= 11 is 6.10. The van der Waals surface area contributed by atoms with Crippen LogP contribution in [-0.4, -0.2) is 46.9 Å². The quantitative estimate of drug-likeness (QED) is 0.493. The molecule has 182 valence electrons. The third-order valence-corrected chi connectivity index (χ3v) is 6.50. The lowest BCUT2D eigenvalue weighted by Crippen LogP contribution is -2.50.